The molecule has 2 rings (SSSR count). The first kappa shape index (κ1) is 19.1. The lowest BCUT2D eigenvalue weighted by Gasteiger charge is -2.14. The summed E-state index contributed by atoms with van der Waals surface area (Å²) in [5, 5.41) is 13.1. The third-order valence-electron chi connectivity index (χ3n) is 3.62. The van der Waals surface area contributed by atoms with Gasteiger partial charge in [-0.25, -0.2) is 0 Å². The zero-order valence-corrected chi connectivity index (χ0v) is 14.6. The highest BCUT2D eigenvalue weighted by Gasteiger charge is 2.07. The van der Waals surface area contributed by atoms with Crippen LogP contribution in [0.1, 0.15) is 5.56 Å². The molecule has 0 amide bonds. The van der Waals surface area contributed by atoms with Crippen LogP contribution in [0.4, 0.5) is 0 Å². The maximum Gasteiger partial charge on any atom is 0.161 e. The maximum absolute atomic E-state index is 9.91. The van der Waals surface area contributed by atoms with Gasteiger partial charge < -0.3 is 24.6 Å². The summed E-state index contributed by atoms with van der Waals surface area (Å²) in [4.78, 5) is 0. The molecule has 5 nitrogen and oxygen atoms in total. The van der Waals surface area contributed by atoms with Crippen molar-refractivity contribution in [3.63, 3.8) is 0 Å². The van der Waals surface area contributed by atoms with Crippen LogP contribution in [0.2, 0.25) is 0 Å². The Morgan fingerprint density at radius 3 is 2.60 bits per heavy atom. The molecule has 0 bridgehead atoms. The second-order valence-electron chi connectivity index (χ2n) is 5.57. The first-order chi connectivity index (χ1) is 12.2. The highest BCUT2D eigenvalue weighted by atomic mass is 16.5. The summed E-state index contributed by atoms with van der Waals surface area (Å²) in [6, 6.07) is 15.2. The van der Waals surface area contributed by atoms with Crippen LogP contribution in [-0.2, 0) is 6.42 Å². The van der Waals surface area contributed by atoms with Gasteiger partial charge in [-0.1, -0.05) is 24.3 Å². The molecule has 0 heterocycles. The van der Waals surface area contributed by atoms with Crippen molar-refractivity contribution in [2.45, 2.75) is 12.5 Å². The first-order valence-corrected chi connectivity index (χ1v) is 8.38. The van der Waals surface area contributed by atoms with E-state index in [2.05, 4.69) is 12.2 Å². The van der Waals surface area contributed by atoms with Crippen LogP contribution in [0.15, 0.2) is 48.5 Å². The lowest BCUT2D eigenvalue weighted by Crippen LogP contribution is -2.33. The summed E-state index contributed by atoms with van der Waals surface area (Å²) in [7, 11) is 1.62. The number of hydrogen-bond donors (Lipinski definition) is 2. The number of methoxy groups -OCH3 is 1. The van der Waals surface area contributed by atoms with Gasteiger partial charge in [-0.3, -0.25) is 0 Å². The molecule has 135 valence electrons. The minimum atomic E-state index is -0.578. The van der Waals surface area contributed by atoms with Gasteiger partial charge in [0, 0.05) is 13.1 Å². The van der Waals surface area contributed by atoms with Crippen molar-refractivity contribution in [2.24, 2.45) is 0 Å². The Morgan fingerprint density at radius 1 is 1.08 bits per heavy atom. The van der Waals surface area contributed by atoms with Crippen molar-refractivity contribution >= 4 is 0 Å². The van der Waals surface area contributed by atoms with Crippen molar-refractivity contribution in [2.75, 3.05) is 33.4 Å². The highest BCUT2D eigenvalue weighted by molar-refractivity contribution is 5.43. The van der Waals surface area contributed by atoms with Gasteiger partial charge in [0.1, 0.15) is 25.1 Å². The topological polar surface area (TPSA) is 60.0 Å². The summed E-state index contributed by atoms with van der Waals surface area (Å²) in [5.41, 5.74) is 1.10. The number of benzene rings is 2. The van der Waals surface area contributed by atoms with Crippen LogP contribution in [0.25, 0.3) is 0 Å². The predicted molar refractivity (Wildman–Crippen MR) is 98.4 cm³/mol. The second kappa shape index (κ2) is 10.6. The third-order valence-corrected chi connectivity index (χ3v) is 3.62. The molecule has 0 aliphatic rings. The Labute approximate surface area is 149 Å². The van der Waals surface area contributed by atoms with Crippen molar-refractivity contribution in [3.05, 3.63) is 61.0 Å². The molecule has 0 fully saturated rings. The Bertz CT molecular complexity index is 618. The Hall–Kier alpha value is -2.24. The van der Waals surface area contributed by atoms with Crippen molar-refractivity contribution in [3.8, 4) is 17.2 Å². The zero-order valence-electron chi connectivity index (χ0n) is 14.6. The van der Waals surface area contributed by atoms with Crippen molar-refractivity contribution < 1.29 is 19.3 Å². The van der Waals surface area contributed by atoms with E-state index in [1.165, 1.54) is 0 Å². The number of aliphatic hydroxyl groups is 1. The van der Waals surface area contributed by atoms with Gasteiger partial charge in [-0.15, -0.1) is 0 Å². The SMILES string of the molecule is [CH2]Cc1ccc(OCCNCC(O)COc2ccccc2)c(OC)c1. The number of ether oxygens (including phenoxy) is 3. The van der Waals surface area contributed by atoms with E-state index in [4.69, 9.17) is 14.2 Å². The van der Waals surface area contributed by atoms with E-state index in [1.54, 1.807) is 7.11 Å². The van der Waals surface area contributed by atoms with Gasteiger partial charge in [0.15, 0.2) is 11.5 Å². The van der Waals surface area contributed by atoms with E-state index >= 15 is 0 Å². The van der Waals surface area contributed by atoms with Crippen LogP contribution in [0.5, 0.6) is 17.2 Å². The quantitative estimate of drug-likeness (QED) is 0.613. The molecule has 0 aliphatic carbocycles. The molecule has 0 aliphatic heterocycles. The molecular formula is C20H26NO4. The molecule has 1 atom stereocenters. The fourth-order valence-corrected chi connectivity index (χ4v) is 2.26. The largest absolute Gasteiger partial charge is 0.493 e. The van der Waals surface area contributed by atoms with Crippen LogP contribution in [0, 0.1) is 6.92 Å². The average molecular weight is 344 g/mol. The van der Waals surface area contributed by atoms with Gasteiger partial charge in [0.2, 0.25) is 0 Å². The van der Waals surface area contributed by atoms with E-state index in [9.17, 15) is 5.11 Å². The van der Waals surface area contributed by atoms with Gasteiger partial charge in [-0.2, -0.15) is 0 Å². The number of rotatable bonds is 11. The fraction of sp³-hybridized carbons (Fsp3) is 0.350. The lowest BCUT2D eigenvalue weighted by atomic mass is 10.1. The summed E-state index contributed by atoms with van der Waals surface area (Å²) >= 11 is 0. The molecular weight excluding hydrogens is 318 g/mol. The Kier molecular flexibility index (Phi) is 8.09. The molecule has 0 aromatic heterocycles. The summed E-state index contributed by atoms with van der Waals surface area (Å²) < 4.78 is 16.5. The highest BCUT2D eigenvalue weighted by Crippen LogP contribution is 2.28. The lowest BCUT2D eigenvalue weighted by molar-refractivity contribution is 0.105. The molecule has 2 N–H and O–H groups in total. The standard InChI is InChI=1S/C20H26NO4/c1-3-16-9-10-19(20(13-16)23-2)24-12-11-21-14-17(22)15-25-18-7-5-4-6-8-18/h4-10,13,17,21-22H,1,3,11-12,14-15H2,2H3. The number of hydrogen-bond acceptors (Lipinski definition) is 5. The van der Waals surface area contributed by atoms with Crippen molar-refractivity contribution in [1.29, 1.82) is 0 Å². The van der Waals surface area contributed by atoms with Crippen molar-refractivity contribution in [1.82, 2.24) is 5.32 Å². The third kappa shape index (κ3) is 6.64. The summed E-state index contributed by atoms with van der Waals surface area (Å²) in [6.07, 6.45) is 0.132. The smallest absolute Gasteiger partial charge is 0.161 e. The van der Waals surface area contributed by atoms with Gasteiger partial charge >= 0.3 is 0 Å². The fourth-order valence-electron chi connectivity index (χ4n) is 2.26. The predicted octanol–water partition coefficient (Wildman–Crippen LogP) is 2.48. The molecule has 0 spiro atoms. The Balaban J connectivity index is 1.63. The van der Waals surface area contributed by atoms with E-state index < -0.39 is 6.10 Å². The molecule has 25 heavy (non-hydrogen) atoms. The van der Waals surface area contributed by atoms with Crippen LogP contribution in [0.3, 0.4) is 0 Å². The van der Waals surface area contributed by atoms with Crippen LogP contribution < -0.4 is 19.5 Å². The molecule has 1 radical (unpaired) electrons. The first-order valence-electron chi connectivity index (χ1n) is 8.38. The van der Waals surface area contributed by atoms with E-state index in [0.29, 0.717) is 37.6 Å². The minimum absolute atomic E-state index is 0.248. The number of para-hydroxylation sites is 1. The molecule has 2 aromatic carbocycles. The van der Waals surface area contributed by atoms with Gasteiger partial charge in [-0.05, 0) is 43.2 Å². The molecule has 0 saturated carbocycles. The normalized spacial score (nSPS) is 11.8. The maximum atomic E-state index is 9.91. The monoisotopic (exact) mass is 344 g/mol. The number of aliphatic hydroxyl groups excluding tert-OH is 1. The molecule has 0 saturated heterocycles. The summed E-state index contributed by atoms with van der Waals surface area (Å²) in [5.74, 6) is 2.16. The molecule has 5 heteroatoms. The van der Waals surface area contributed by atoms with Crippen LogP contribution >= 0.6 is 0 Å². The van der Waals surface area contributed by atoms with E-state index in [1.807, 2.05) is 48.5 Å². The number of nitrogens with one attached hydrogen (secondary N) is 1. The minimum Gasteiger partial charge on any atom is -0.493 e. The second-order valence-corrected chi connectivity index (χ2v) is 5.57. The summed E-state index contributed by atoms with van der Waals surface area (Å²) in [6.45, 7) is 5.64. The molecule has 1 unspecified atom stereocenters. The van der Waals surface area contributed by atoms with E-state index in [0.717, 1.165) is 11.3 Å². The van der Waals surface area contributed by atoms with E-state index in [-0.39, 0.29) is 6.61 Å². The molecule has 2 aromatic rings. The average Bonchev–Trinajstić information content (AvgIpc) is 2.67. The van der Waals surface area contributed by atoms with Gasteiger partial charge in [0.25, 0.3) is 0 Å². The van der Waals surface area contributed by atoms with Gasteiger partial charge in [0.05, 0.1) is 7.11 Å². The van der Waals surface area contributed by atoms with Crippen LogP contribution in [-0.4, -0.2) is 44.6 Å². The Morgan fingerprint density at radius 2 is 1.88 bits per heavy atom. The zero-order chi connectivity index (χ0) is 17.9.